The fourth-order valence-electron chi connectivity index (χ4n) is 1.76. The van der Waals surface area contributed by atoms with Crippen molar-refractivity contribution in [2.45, 2.75) is 38.1 Å². The smallest absolute Gasteiger partial charge is 0.0462 e. The second-order valence-corrected chi connectivity index (χ2v) is 5.12. The molecule has 0 amide bonds. The maximum atomic E-state index is 5.02. The van der Waals surface area contributed by atoms with Gasteiger partial charge in [0.05, 0.1) is 0 Å². The van der Waals surface area contributed by atoms with Gasteiger partial charge in [-0.1, -0.05) is 0 Å². The molecular formula is C11H24ClNOS. The summed E-state index contributed by atoms with van der Waals surface area (Å²) in [4.78, 5) is 0. The molecule has 0 bridgehead atoms. The van der Waals surface area contributed by atoms with Crippen molar-refractivity contribution in [2.75, 3.05) is 31.8 Å². The van der Waals surface area contributed by atoms with Crippen LogP contribution in [-0.2, 0) is 4.74 Å². The number of ether oxygens (including phenoxy) is 1. The van der Waals surface area contributed by atoms with Gasteiger partial charge in [-0.2, -0.15) is 11.8 Å². The average Bonchev–Trinajstić information content (AvgIpc) is 2.25. The van der Waals surface area contributed by atoms with E-state index in [-0.39, 0.29) is 12.4 Å². The minimum absolute atomic E-state index is 0. The van der Waals surface area contributed by atoms with Gasteiger partial charge in [0.2, 0.25) is 0 Å². The minimum Gasteiger partial charge on any atom is -0.385 e. The Bertz CT molecular complexity index is 132. The van der Waals surface area contributed by atoms with Crippen molar-refractivity contribution < 1.29 is 4.74 Å². The third-order valence-electron chi connectivity index (χ3n) is 2.68. The summed E-state index contributed by atoms with van der Waals surface area (Å²) < 4.78 is 5.02. The number of methoxy groups -OCH3 is 1. The first-order chi connectivity index (χ1) is 6.93. The Morgan fingerprint density at radius 2 is 1.93 bits per heavy atom. The van der Waals surface area contributed by atoms with Crippen LogP contribution in [0.25, 0.3) is 0 Å². The molecule has 1 aliphatic heterocycles. The predicted molar refractivity (Wildman–Crippen MR) is 71.3 cm³/mol. The number of hydrogen-bond acceptors (Lipinski definition) is 3. The van der Waals surface area contributed by atoms with Crippen LogP contribution in [0.5, 0.6) is 0 Å². The van der Waals surface area contributed by atoms with Crippen molar-refractivity contribution in [3.05, 3.63) is 0 Å². The van der Waals surface area contributed by atoms with E-state index in [2.05, 4.69) is 17.1 Å². The lowest BCUT2D eigenvalue weighted by Crippen LogP contribution is -2.33. The number of rotatable bonds is 7. The topological polar surface area (TPSA) is 21.3 Å². The van der Waals surface area contributed by atoms with Gasteiger partial charge in [0.1, 0.15) is 0 Å². The summed E-state index contributed by atoms with van der Waals surface area (Å²) in [5.41, 5.74) is 0. The highest BCUT2D eigenvalue weighted by Crippen LogP contribution is 2.16. The van der Waals surface area contributed by atoms with Gasteiger partial charge < -0.3 is 10.1 Å². The molecule has 0 spiro atoms. The van der Waals surface area contributed by atoms with Crippen LogP contribution in [0.4, 0.5) is 0 Å². The van der Waals surface area contributed by atoms with Crippen LogP contribution < -0.4 is 5.32 Å². The molecule has 1 heterocycles. The maximum absolute atomic E-state index is 5.02. The highest BCUT2D eigenvalue weighted by atomic mass is 35.5. The monoisotopic (exact) mass is 253 g/mol. The summed E-state index contributed by atoms with van der Waals surface area (Å²) in [6.07, 6.45) is 6.53. The van der Waals surface area contributed by atoms with Gasteiger partial charge in [0, 0.05) is 19.8 Å². The molecule has 0 radical (unpaired) electrons. The van der Waals surface area contributed by atoms with Gasteiger partial charge in [-0.3, -0.25) is 0 Å². The number of thioether (sulfide) groups is 1. The highest BCUT2D eigenvalue weighted by Gasteiger charge is 2.11. The van der Waals surface area contributed by atoms with Gasteiger partial charge in [-0.25, -0.2) is 0 Å². The van der Waals surface area contributed by atoms with Crippen molar-refractivity contribution >= 4 is 24.2 Å². The molecule has 2 nitrogen and oxygen atoms in total. The van der Waals surface area contributed by atoms with E-state index in [0.717, 1.165) is 12.6 Å². The Kier molecular flexibility index (Phi) is 11.5. The number of nitrogens with one attached hydrogen (secondary N) is 1. The maximum Gasteiger partial charge on any atom is 0.0462 e. The second kappa shape index (κ2) is 11.1. The molecule has 1 saturated heterocycles. The molecule has 4 heteroatoms. The minimum atomic E-state index is 0. The molecule has 0 aliphatic carbocycles. The summed E-state index contributed by atoms with van der Waals surface area (Å²) in [6.45, 7) is 2.11. The second-order valence-electron chi connectivity index (χ2n) is 3.89. The molecule has 92 valence electrons. The Morgan fingerprint density at radius 3 is 2.60 bits per heavy atom. The zero-order valence-electron chi connectivity index (χ0n) is 9.67. The van der Waals surface area contributed by atoms with E-state index in [1.165, 1.54) is 50.2 Å². The molecule has 0 aromatic carbocycles. The first kappa shape index (κ1) is 15.6. The lowest BCUT2D eigenvalue weighted by molar-refractivity contribution is 0.192. The van der Waals surface area contributed by atoms with Gasteiger partial charge in [0.15, 0.2) is 0 Å². The molecule has 0 aromatic rings. The number of hydrogen-bond donors (Lipinski definition) is 1. The molecule has 15 heavy (non-hydrogen) atoms. The van der Waals surface area contributed by atoms with Gasteiger partial charge in [0.25, 0.3) is 0 Å². The van der Waals surface area contributed by atoms with E-state index in [1.807, 2.05) is 0 Å². The standard InChI is InChI=1S/C11H23NOS.ClH/c1-13-8-4-2-3-7-12-11-5-9-14-10-6-11;/h11-12H,2-10H2,1H3;1H. The Morgan fingerprint density at radius 1 is 1.20 bits per heavy atom. The van der Waals surface area contributed by atoms with Crippen molar-refractivity contribution in [1.82, 2.24) is 5.32 Å². The lowest BCUT2D eigenvalue weighted by Gasteiger charge is -2.22. The van der Waals surface area contributed by atoms with E-state index >= 15 is 0 Å². The molecule has 0 unspecified atom stereocenters. The molecule has 0 aromatic heterocycles. The van der Waals surface area contributed by atoms with E-state index < -0.39 is 0 Å². The quantitative estimate of drug-likeness (QED) is 0.705. The van der Waals surface area contributed by atoms with Crippen LogP contribution in [0.1, 0.15) is 32.1 Å². The first-order valence-electron chi connectivity index (χ1n) is 5.73. The summed E-state index contributed by atoms with van der Waals surface area (Å²) >= 11 is 2.09. The van der Waals surface area contributed by atoms with Crippen LogP contribution in [0, 0.1) is 0 Å². The van der Waals surface area contributed by atoms with Crippen LogP contribution in [0.3, 0.4) is 0 Å². The summed E-state index contributed by atoms with van der Waals surface area (Å²) in [5, 5.41) is 3.64. The van der Waals surface area contributed by atoms with Crippen molar-refractivity contribution in [3.63, 3.8) is 0 Å². The molecule has 1 aliphatic rings. The SMILES string of the molecule is COCCCCCNC1CCSCC1.Cl. The zero-order valence-corrected chi connectivity index (χ0v) is 11.3. The molecule has 0 atom stereocenters. The zero-order chi connectivity index (χ0) is 10.1. The van der Waals surface area contributed by atoms with Gasteiger partial charge >= 0.3 is 0 Å². The van der Waals surface area contributed by atoms with Crippen molar-refractivity contribution in [1.29, 1.82) is 0 Å². The van der Waals surface area contributed by atoms with E-state index in [4.69, 9.17) is 4.74 Å². The Labute approximate surface area is 104 Å². The number of halogens is 1. The van der Waals surface area contributed by atoms with Crippen molar-refractivity contribution in [3.8, 4) is 0 Å². The van der Waals surface area contributed by atoms with E-state index in [9.17, 15) is 0 Å². The van der Waals surface area contributed by atoms with Crippen LogP contribution in [0.2, 0.25) is 0 Å². The van der Waals surface area contributed by atoms with Gasteiger partial charge in [-0.15, -0.1) is 12.4 Å². The Balaban J connectivity index is 0.00000196. The third kappa shape index (κ3) is 8.38. The predicted octanol–water partition coefficient (Wildman–Crippen LogP) is 2.71. The van der Waals surface area contributed by atoms with E-state index in [0.29, 0.717) is 0 Å². The molecule has 0 saturated carbocycles. The summed E-state index contributed by atoms with van der Waals surface area (Å²) in [7, 11) is 1.78. The molecule has 1 N–H and O–H groups in total. The average molecular weight is 254 g/mol. The first-order valence-corrected chi connectivity index (χ1v) is 6.89. The Hall–Kier alpha value is 0.560. The van der Waals surface area contributed by atoms with Crippen molar-refractivity contribution in [2.24, 2.45) is 0 Å². The fourth-order valence-corrected chi connectivity index (χ4v) is 2.86. The number of unbranched alkanes of at least 4 members (excludes halogenated alkanes) is 2. The van der Waals surface area contributed by atoms with Crippen LogP contribution in [0.15, 0.2) is 0 Å². The van der Waals surface area contributed by atoms with Crippen LogP contribution in [-0.4, -0.2) is 37.8 Å². The lowest BCUT2D eigenvalue weighted by atomic mass is 10.1. The largest absolute Gasteiger partial charge is 0.385 e. The van der Waals surface area contributed by atoms with Crippen LogP contribution >= 0.6 is 24.2 Å². The highest BCUT2D eigenvalue weighted by molar-refractivity contribution is 7.99. The molecule has 1 fully saturated rings. The summed E-state index contributed by atoms with van der Waals surface area (Å²) in [6, 6.07) is 0.804. The molecular weight excluding hydrogens is 230 g/mol. The summed E-state index contributed by atoms with van der Waals surface area (Å²) in [5.74, 6) is 2.70. The third-order valence-corrected chi connectivity index (χ3v) is 3.73. The fraction of sp³-hybridized carbons (Fsp3) is 1.00. The molecule has 1 rings (SSSR count). The van der Waals surface area contributed by atoms with E-state index in [1.54, 1.807) is 7.11 Å². The van der Waals surface area contributed by atoms with Gasteiger partial charge in [-0.05, 0) is 50.2 Å². The normalized spacial score (nSPS) is 17.4.